The molecule has 0 aromatic heterocycles. The highest BCUT2D eigenvalue weighted by Crippen LogP contribution is 2.24. The molecule has 2 atom stereocenters. The topological polar surface area (TPSA) is 61.6 Å². The number of hydrogen-bond donors (Lipinski definition) is 0. The summed E-state index contributed by atoms with van der Waals surface area (Å²) >= 11 is 0. The number of ether oxygens (including phenoxy) is 2. The summed E-state index contributed by atoms with van der Waals surface area (Å²) in [4.78, 5) is 9.80. The van der Waals surface area contributed by atoms with Gasteiger partial charge in [0.05, 0.1) is 29.8 Å². The molecule has 6 heteroatoms. The Morgan fingerprint density at radius 3 is 2.60 bits per heavy atom. The molecule has 2 unspecified atom stereocenters. The maximum Gasteiger partial charge on any atom is 0.304 e. The number of halogens is 1. The van der Waals surface area contributed by atoms with E-state index >= 15 is 0 Å². The monoisotopic (exact) mass is 283 g/mol. The standard InChI is InChI=1S/C14H18FNO4/c1-9-5-12(6-10(2)20-9)19-8-11-3-4-14(16(17)18)13(15)7-11/h3-4,7,9-10,12H,5-6,8H2,1-2H3. The van der Waals surface area contributed by atoms with Crippen LogP contribution in [0.2, 0.25) is 0 Å². The van der Waals surface area contributed by atoms with Gasteiger partial charge < -0.3 is 9.47 Å². The molecular formula is C14H18FNO4. The van der Waals surface area contributed by atoms with Gasteiger partial charge in [0.2, 0.25) is 5.82 Å². The molecule has 0 radical (unpaired) electrons. The molecule has 20 heavy (non-hydrogen) atoms. The maximum absolute atomic E-state index is 13.5. The summed E-state index contributed by atoms with van der Waals surface area (Å²) in [5, 5.41) is 10.5. The van der Waals surface area contributed by atoms with E-state index in [4.69, 9.17) is 9.47 Å². The minimum Gasteiger partial charge on any atom is -0.375 e. The minimum absolute atomic E-state index is 0.0759. The third-order valence-corrected chi connectivity index (χ3v) is 3.35. The Hall–Kier alpha value is -1.53. The number of nitrogens with zero attached hydrogens (tertiary/aromatic N) is 1. The van der Waals surface area contributed by atoms with Crippen molar-refractivity contribution < 1.29 is 18.8 Å². The molecule has 0 bridgehead atoms. The number of nitro benzene ring substituents is 1. The lowest BCUT2D eigenvalue weighted by Gasteiger charge is -2.32. The molecule has 110 valence electrons. The van der Waals surface area contributed by atoms with Gasteiger partial charge in [-0.1, -0.05) is 0 Å². The van der Waals surface area contributed by atoms with E-state index in [1.807, 2.05) is 13.8 Å². The molecule has 1 fully saturated rings. The summed E-state index contributed by atoms with van der Waals surface area (Å²) in [6, 6.07) is 3.85. The van der Waals surface area contributed by atoms with Crippen molar-refractivity contribution in [3.05, 3.63) is 39.7 Å². The van der Waals surface area contributed by atoms with Crippen LogP contribution in [0.4, 0.5) is 10.1 Å². The molecule has 2 rings (SSSR count). The third kappa shape index (κ3) is 3.74. The first-order chi connectivity index (χ1) is 9.45. The molecular weight excluding hydrogens is 265 g/mol. The van der Waals surface area contributed by atoms with Gasteiger partial charge >= 0.3 is 5.69 Å². The van der Waals surface area contributed by atoms with Gasteiger partial charge in [0, 0.05) is 6.07 Å². The molecule has 0 saturated carbocycles. The smallest absolute Gasteiger partial charge is 0.304 e. The molecule has 1 aromatic carbocycles. The van der Waals surface area contributed by atoms with Gasteiger partial charge in [-0.05, 0) is 44.4 Å². The summed E-state index contributed by atoms with van der Waals surface area (Å²) in [5.41, 5.74) is 0.0851. The molecule has 1 aromatic rings. The van der Waals surface area contributed by atoms with E-state index in [1.165, 1.54) is 12.1 Å². The maximum atomic E-state index is 13.5. The minimum atomic E-state index is -0.829. The average Bonchev–Trinajstić information content (AvgIpc) is 2.35. The largest absolute Gasteiger partial charge is 0.375 e. The molecule has 1 heterocycles. The molecule has 0 spiro atoms. The van der Waals surface area contributed by atoms with E-state index in [0.29, 0.717) is 5.56 Å². The average molecular weight is 283 g/mol. The van der Waals surface area contributed by atoms with Gasteiger partial charge in [0.15, 0.2) is 0 Å². The fourth-order valence-electron chi connectivity index (χ4n) is 2.48. The highest BCUT2D eigenvalue weighted by Gasteiger charge is 2.25. The van der Waals surface area contributed by atoms with Crippen LogP contribution in [0.1, 0.15) is 32.3 Å². The van der Waals surface area contributed by atoms with Crippen LogP contribution in [0.25, 0.3) is 0 Å². The van der Waals surface area contributed by atoms with Gasteiger partial charge in [0.1, 0.15) is 0 Å². The Morgan fingerprint density at radius 2 is 2.05 bits per heavy atom. The SMILES string of the molecule is CC1CC(OCc2ccc([N+](=O)[O-])c(F)c2)CC(C)O1. The lowest BCUT2D eigenvalue weighted by molar-refractivity contribution is -0.387. The summed E-state index contributed by atoms with van der Waals surface area (Å²) in [7, 11) is 0. The van der Waals surface area contributed by atoms with Crippen molar-refractivity contribution >= 4 is 5.69 Å². The van der Waals surface area contributed by atoms with Crippen molar-refractivity contribution in [3.8, 4) is 0 Å². The Kier molecular flexibility index (Phi) is 4.67. The number of nitro groups is 1. The van der Waals surface area contributed by atoms with E-state index in [0.717, 1.165) is 18.9 Å². The van der Waals surface area contributed by atoms with Gasteiger partial charge in [-0.25, -0.2) is 0 Å². The van der Waals surface area contributed by atoms with Gasteiger partial charge in [0.25, 0.3) is 0 Å². The zero-order valence-corrected chi connectivity index (χ0v) is 11.5. The third-order valence-electron chi connectivity index (χ3n) is 3.35. The highest BCUT2D eigenvalue weighted by molar-refractivity contribution is 5.34. The van der Waals surface area contributed by atoms with Crippen LogP contribution in [-0.4, -0.2) is 23.2 Å². The fraction of sp³-hybridized carbons (Fsp3) is 0.571. The van der Waals surface area contributed by atoms with Crippen LogP contribution in [-0.2, 0) is 16.1 Å². The van der Waals surface area contributed by atoms with E-state index in [2.05, 4.69) is 0 Å². The van der Waals surface area contributed by atoms with Gasteiger partial charge in [-0.15, -0.1) is 0 Å². The van der Waals surface area contributed by atoms with Crippen LogP contribution in [0, 0.1) is 15.9 Å². The Balaban J connectivity index is 1.94. The second-order valence-electron chi connectivity index (χ2n) is 5.20. The molecule has 1 aliphatic rings. The lowest BCUT2D eigenvalue weighted by atomic mass is 10.0. The van der Waals surface area contributed by atoms with Crippen LogP contribution in [0.3, 0.4) is 0 Å². The molecule has 5 nitrogen and oxygen atoms in total. The second-order valence-corrected chi connectivity index (χ2v) is 5.20. The lowest BCUT2D eigenvalue weighted by Crippen LogP contribution is -2.33. The molecule has 0 N–H and O–H groups in total. The first-order valence-corrected chi connectivity index (χ1v) is 6.65. The molecule has 0 aliphatic carbocycles. The molecule has 1 aliphatic heterocycles. The highest BCUT2D eigenvalue weighted by atomic mass is 19.1. The predicted molar refractivity (Wildman–Crippen MR) is 70.9 cm³/mol. The Bertz CT molecular complexity index is 484. The first-order valence-electron chi connectivity index (χ1n) is 6.65. The van der Waals surface area contributed by atoms with Crippen molar-refractivity contribution in [3.63, 3.8) is 0 Å². The van der Waals surface area contributed by atoms with E-state index < -0.39 is 16.4 Å². The quantitative estimate of drug-likeness (QED) is 0.629. The van der Waals surface area contributed by atoms with Crippen molar-refractivity contribution in [1.82, 2.24) is 0 Å². The van der Waals surface area contributed by atoms with E-state index in [-0.39, 0.29) is 24.9 Å². The fourth-order valence-corrected chi connectivity index (χ4v) is 2.48. The van der Waals surface area contributed by atoms with Gasteiger partial charge in [-0.3, -0.25) is 10.1 Å². The number of rotatable bonds is 4. The Morgan fingerprint density at radius 1 is 1.40 bits per heavy atom. The van der Waals surface area contributed by atoms with Gasteiger partial charge in [-0.2, -0.15) is 4.39 Å². The summed E-state index contributed by atoms with van der Waals surface area (Å²) < 4.78 is 24.8. The second kappa shape index (κ2) is 6.28. The normalized spacial score (nSPS) is 26.4. The summed E-state index contributed by atoms with van der Waals surface area (Å²) in [6.45, 7) is 4.24. The zero-order chi connectivity index (χ0) is 14.7. The van der Waals surface area contributed by atoms with Crippen molar-refractivity contribution in [2.45, 2.75) is 51.6 Å². The summed E-state index contributed by atoms with van der Waals surface area (Å²) in [5.74, 6) is -0.829. The first kappa shape index (κ1) is 14.9. The summed E-state index contributed by atoms with van der Waals surface area (Å²) in [6.07, 6.45) is 1.99. The van der Waals surface area contributed by atoms with Crippen molar-refractivity contribution in [2.75, 3.05) is 0 Å². The van der Waals surface area contributed by atoms with E-state index in [9.17, 15) is 14.5 Å². The number of hydrogen-bond acceptors (Lipinski definition) is 4. The Labute approximate surface area is 116 Å². The van der Waals surface area contributed by atoms with Crippen LogP contribution in [0.5, 0.6) is 0 Å². The van der Waals surface area contributed by atoms with Crippen molar-refractivity contribution in [1.29, 1.82) is 0 Å². The van der Waals surface area contributed by atoms with Crippen molar-refractivity contribution in [2.24, 2.45) is 0 Å². The van der Waals surface area contributed by atoms with E-state index in [1.54, 1.807) is 0 Å². The van der Waals surface area contributed by atoms with Crippen LogP contribution < -0.4 is 0 Å². The molecule has 1 saturated heterocycles. The number of benzene rings is 1. The van der Waals surface area contributed by atoms with Crippen LogP contribution >= 0.6 is 0 Å². The predicted octanol–water partition coefficient (Wildman–Crippen LogP) is 3.21. The zero-order valence-electron chi connectivity index (χ0n) is 11.5. The molecule has 0 amide bonds. The van der Waals surface area contributed by atoms with Crippen LogP contribution in [0.15, 0.2) is 18.2 Å².